The fourth-order valence-electron chi connectivity index (χ4n) is 2.98. The van der Waals surface area contributed by atoms with Crippen LogP contribution in [0.1, 0.15) is 0 Å². The van der Waals surface area contributed by atoms with Crippen LogP contribution in [0.3, 0.4) is 0 Å². The summed E-state index contributed by atoms with van der Waals surface area (Å²) in [5.74, 6) is 0.941. The van der Waals surface area contributed by atoms with Crippen molar-refractivity contribution in [3.8, 4) is 5.75 Å². The number of amides is 2. The second-order valence-corrected chi connectivity index (χ2v) is 6.62. The van der Waals surface area contributed by atoms with E-state index in [2.05, 4.69) is 0 Å². The minimum absolute atomic E-state index is 0.0337. The minimum Gasteiger partial charge on any atom is -0.490 e. The highest BCUT2D eigenvalue weighted by Gasteiger charge is 2.30. The van der Waals surface area contributed by atoms with Gasteiger partial charge in [-0.15, -0.1) is 11.8 Å². The number of hydrogen-bond acceptors (Lipinski definition) is 4. The Bertz CT molecular complexity index is 808. The van der Waals surface area contributed by atoms with Crippen molar-refractivity contribution in [2.75, 3.05) is 35.2 Å². The standard InChI is InChI=1S/C18H16N2O3S/c21-17(19-9-10-23-15-7-3-1-5-13(15)19)11-20-14-6-2-4-8-16(14)24-12-18(20)22/h1-8H,9-12H2. The van der Waals surface area contributed by atoms with E-state index >= 15 is 0 Å². The van der Waals surface area contributed by atoms with Gasteiger partial charge in [0.05, 0.1) is 23.7 Å². The van der Waals surface area contributed by atoms with E-state index in [-0.39, 0.29) is 18.4 Å². The van der Waals surface area contributed by atoms with Crippen LogP contribution in [0.4, 0.5) is 11.4 Å². The van der Waals surface area contributed by atoms with Gasteiger partial charge in [0.1, 0.15) is 18.9 Å². The van der Waals surface area contributed by atoms with Crippen LogP contribution in [0, 0.1) is 0 Å². The van der Waals surface area contributed by atoms with Crippen LogP contribution in [0.5, 0.6) is 5.75 Å². The van der Waals surface area contributed by atoms with Gasteiger partial charge in [-0.2, -0.15) is 0 Å². The first-order valence-electron chi connectivity index (χ1n) is 7.78. The van der Waals surface area contributed by atoms with E-state index in [1.54, 1.807) is 9.80 Å². The van der Waals surface area contributed by atoms with Crippen LogP contribution in [0.25, 0.3) is 0 Å². The molecule has 2 aliphatic heterocycles. The second-order valence-electron chi connectivity index (χ2n) is 5.60. The Balaban J connectivity index is 1.60. The summed E-state index contributed by atoms with van der Waals surface area (Å²) in [5, 5.41) is 0. The van der Waals surface area contributed by atoms with Gasteiger partial charge in [-0.05, 0) is 24.3 Å². The molecule has 5 nitrogen and oxygen atoms in total. The van der Waals surface area contributed by atoms with Crippen molar-refractivity contribution in [1.82, 2.24) is 0 Å². The van der Waals surface area contributed by atoms with E-state index in [0.717, 1.165) is 16.3 Å². The van der Waals surface area contributed by atoms with Crippen molar-refractivity contribution in [1.29, 1.82) is 0 Å². The third-order valence-electron chi connectivity index (χ3n) is 4.13. The van der Waals surface area contributed by atoms with Crippen LogP contribution < -0.4 is 14.5 Å². The average molecular weight is 340 g/mol. The van der Waals surface area contributed by atoms with Crippen molar-refractivity contribution in [2.45, 2.75) is 4.90 Å². The lowest BCUT2D eigenvalue weighted by Crippen LogP contribution is -2.47. The third kappa shape index (κ3) is 2.63. The van der Waals surface area contributed by atoms with Gasteiger partial charge in [0, 0.05) is 4.90 Å². The number of benzene rings is 2. The zero-order chi connectivity index (χ0) is 16.5. The van der Waals surface area contributed by atoms with Crippen LogP contribution in [0.15, 0.2) is 53.4 Å². The number of carbonyl (C=O) groups excluding carboxylic acids is 2. The van der Waals surface area contributed by atoms with Gasteiger partial charge in [0.25, 0.3) is 0 Å². The van der Waals surface area contributed by atoms with Gasteiger partial charge < -0.3 is 14.5 Å². The average Bonchev–Trinajstić information content (AvgIpc) is 2.63. The molecule has 0 saturated heterocycles. The normalized spacial score (nSPS) is 16.2. The highest BCUT2D eigenvalue weighted by molar-refractivity contribution is 8.00. The number of para-hydroxylation sites is 3. The summed E-state index contributed by atoms with van der Waals surface area (Å²) in [6.07, 6.45) is 0. The first-order chi connectivity index (χ1) is 11.7. The molecule has 0 atom stereocenters. The molecule has 2 heterocycles. The molecule has 0 aromatic heterocycles. The van der Waals surface area contributed by atoms with Crippen molar-refractivity contribution >= 4 is 35.0 Å². The number of nitrogens with zero attached hydrogens (tertiary/aromatic N) is 2. The third-order valence-corrected chi connectivity index (χ3v) is 5.18. The molecule has 6 heteroatoms. The van der Waals surface area contributed by atoms with E-state index in [1.165, 1.54) is 11.8 Å². The number of carbonyl (C=O) groups is 2. The van der Waals surface area contributed by atoms with Crippen molar-refractivity contribution < 1.29 is 14.3 Å². The molecular formula is C18H16N2O3S. The summed E-state index contributed by atoms with van der Waals surface area (Å²) in [7, 11) is 0. The van der Waals surface area contributed by atoms with Gasteiger partial charge in [-0.1, -0.05) is 24.3 Å². The molecule has 0 radical (unpaired) electrons. The Labute approximate surface area is 144 Å². The molecule has 0 unspecified atom stereocenters. The lowest BCUT2D eigenvalue weighted by molar-refractivity contribution is -0.121. The molecule has 0 fully saturated rings. The van der Waals surface area contributed by atoms with Gasteiger partial charge in [0.2, 0.25) is 11.8 Å². The summed E-state index contributed by atoms with van der Waals surface area (Å²) in [5.41, 5.74) is 1.58. The number of thioether (sulfide) groups is 1. The number of ether oxygens (including phenoxy) is 1. The summed E-state index contributed by atoms with van der Waals surface area (Å²) >= 11 is 1.52. The number of rotatable bonds is 2. The Morgan fingerprint density at radius 3 is 2.71 bits per heavy atom. The molecule has 122 valence electrons. The number of fused-ring (bicyclic) bond motifs is 2. The van der Waals surface area contributed by atoms with Crippen LogP contribution >= 0.6 is 11.8 Å². The molecule has 0 spiro atoms. The van der Waals surface area contributed by atoms with Gasteiger partial charge >= 0.3 is 0 Å². The first kappa shape index (κ1) is 15.1. The largest absolute Gasteiger partial charge is 0.490 e. The summed E-state index contributed by atoms with van der Waals surface area (Å²) in [4.78, 5) is 29.5. The molecule has 2 aromatic carbocycles. The maximum absolute atomic E-state index is 12.9. The van der Waals surface area contributed by atoms with Crippen LogP contribution in [-0.2, 0) is 9.59 Å². The molecule has 2 amide bonds. The van der Waals surface area contributed by atoms with E-state index < -0.39 is 0 Å². The molecule has 2 aromatic rings. The van der Waals surface area contributed by atoms with Gasteiger partial charge in [-0.25, -0.2) is 0 Å². The van der Waals surface area contributed by atoms with Crippen molar-refractivity contribution in [3.05, 3.63) is 48.5 Å². The topological polar surface area (TPSA) is 49.9 Å². The summed E-state index contributed by atoms with van der Waals surface area (Å²) in [6, 6.07) is 15.2. The molecule has 0 aliphatic carbocycles. The number of hydrogen-bond donors (Lipinski definition) is 0. The highest BCUT2D eigenvalue weighted by Crippen LogP contribution is 2.35. The Morgan fingerprint density at radius 2 is 1.83 bits per heavy atom. The smallest absolute Gasteiger partial charge is 0.247 e. The van der Waals surface area contributed by atoms with Crippen LogP contribution in [-0.4, -0.2) is 37.3 Å². The molecule has 4 rings (SSSR count). The molecule has 0 bridgehead atoms. The van der Waals surface area contributed by atoms with Crippen molar-refractivity contribution in [3.63, 3.8) is 0 Å². The second kappa shape index (κ2) is 6.20. The summed E-state index contributed by atoms with van der Waals surface area (Å²) in [6.45, 7) is 1.00. The zero-order valence-corrected chi connectivity index (χ0v) is 13.8. The predicted octanol–water partition coefficient (Wildman–Crippen LogP) is 2.55. The van der Waals surface area contributed by atoms with Gasteiger partial charge in [0.15, 0.2) is 0 Å². The lowest BCUT2D eigenvalue weighted by Gasteiger charge is -2.33. The van der Waals surface area contributed by atoms with Gasteiger partial charge in [-0.3, -0.25) is 9.59 Å². The number of anilines is 2. The maximum atomic E-state index is 12.9. The van der Waals surface area contributed by atoms with E-state index in [0.29, 0.717) is 24.7 Å². The summed E-state index contributed by atoms with van der Waals surface area (Å²) < 4.78 is 5.59. The van der Waals surface area contributed by atoms with Crippen molar-refractivity contribution in [2.24, 2.45) is 0 Å². The molecule has 0 N–H and O–H groups in total. The molecule has 0 saturated carbocycles. The first-order valence-corrected chi connectivity index (χ1v) is 8.77. The van der Waals surface area contributed by atoms with E-state index in [4.69, 9.17) is 4.74 Å². The molecular weight excluding hydrogens is 324 g/mol. The van der Waals surface area contributed by atoms with Crippen LogP contribution in [0.2, 0.25) is 0 Å². The Morgan fingerprint density at radius 1 is 1.08 bits per heavy atom. The monoisotopic (exact) mass is 340 g/mol. The maximum Gasteiger partial charge on any atom is 0.247 e. The highest BCUT2D eigenvalue weighted by atomic mass is 32.2. The zero-order valence-electron chi connectivity index (χ0n) is 13.0. The Kier molecular flexibility index (Phi) is 3.90. The Hall–Kier alpha value is -2.47. The predicted molar refractivity (Wildman–Crippen MR) is 93.8 cm³/mol. The molecule has 24 heavy (non-hydrogen) atoms. The van der Waals surface area contributed by atoms with E-state index in [9.17, 15) is 9.59 Å². The SMILES string of the molecule is O=C(CN1C(=O)CSc2ccccc21)N1CCOc2ccccc21. The van der Waals surface area contributed by atoms with E-state index in [1.807, 2.05) is 48.5 Å². The quantitative estimate of drug-likeness (QED) is 0.843. The fraction of sp³-hybridized carbons (Fsp3) is 0.222. The lowest BCUT2D eigenvalue weighted by atomic mass is 10.2. The molecule has 2 aliphatic rings. The minimum atomic E-state index is -0.0965. The fourth-order valence-corrected chi connectivity index (χ4v) is 3.91.